The maximum Gasteiger partial charge on any atom is 0.258 e. The van der Waals surface area contributed by atoms with Crippen LogP contribution in [-0.4, -0.2) is 49.6 Å². The van der Waals surface area contributed by atoms with E-state index in [0.717, 1.165) is 36.1 Å². The van der Waals surface area contributed by atoms with Crippen molar-refractivity contribution < 1.29 is 13.9 Å². The Bertz CT molecular complexity index is 950. The van der Waals surface area contributed by atoms with Crippen molar-refractivity contribution in [1.29, 1.82) is 5.41 Å². The Morgan fingerprint density at radius 3 is 2.61 bits per heavy atom. The Balaban J connectivity index is 2.04. The maximum atomic E-state index is 14.7. The number of halogens is 2. The number of nitrogens with zero attached hydrogens (tertiary/aromatic N) is 1. The van der Waals surface area contributed by atoms with Crippen molar-refractivity contribution in [1.82, 2.24) is 15.5 Å². The number of rotatable bonds is 11. The standard InChI is InChI=1S/C25H34BrFN4O2/c1-5-31(6-2)15-14-17(3)29-25(28)30-24(32)21-8-7-9-22(27)20(21)12-10-18-16-19(26)11-13-23(18)33-4/h7-9,11,13,16-17H,5-6,10,12,14-15H2,1-4H3,(H3,28,29,30,32). The van der Waals surface area contributed by atoms with Crippen LogP contribution in [0.25, 0.3) is 0 Å². The lowest BCUT2D eigenvalue weighted by Gasteiger charge is -2.22. The summed E-state index contributed by atoms with van der Waals surface area (Å²) < 4.78 is 21.0. The summed E-state index contributed by atoms with van der Waals surface area (Å²) >= 11 is 3.45. The van der Waals surface area contributed by atoms with Gasteiger partial charge >= 0.3 is 0 Å². The molecule has 3 N–H and O–H groups in total. The van der Waals surface area contributed by atoms with E-state index in [1.54, 1.807) is 13.2 Å². The first-order valence-corrected chi connectivity index (χ1v) is 12.1. The van der Waals surface area contributed by atoms with Crippen molar-refractivity contribution in [3.05, 3.63) is 63.4 Å². The number of hydrogen-bond acceptors (Lipinski definition) is 4. The number of carbonyl (C=O) groups excluding carboxylic acids is 1. The molecule has 0 heterocycles. The van der Waals surface area contributed by atoms with E-state index in [1.165, 1.54) is 12.1 Å². The van der Waals surface area contributed by atoms with Crippen LogP contribution in [0.3, 0.4) is 0 Å². The number of nitrogens with one attached hydrogen (secondary N) is 3. The highest BCUT2D eigenvalue weighted by Crippen LogP contribution is 2.25. The molecule has 6 nitrogen and oxygen atoms in total. The largest absolute Gasteiger partial charge is 0.496 e. The third-order valence-corrected chi connectivity index (χ3v) is 6.15. The van der Waals surface area contributed by atoms with Crippen LogP contribution in [0.1, 0.15) is 48.7 Å². The molecule has 0 aliphatic carbocycles. The van der Waals surface area contributed by atoms with Gasteiger partial charge in [0, 0.05) is 28.2 Å². The van der Waals surface area contributed by atoms with Crippen molar-refractivity contribution in [3.8, 4) is 5.75 Å². The van der Waals surface area contributed by atoms with Gasteiger partial charge in [0.25, 0.3) is 5.91 Å². The van der Waals surface area contributed by atoms with E-state index in [-0.39, 0.29) is 17.6 Å². The van der Waals surface area contributed by atoms with Gasteiger partial charge in [-0.3, -0.25) is 15.5 Å². The molecule has 0 spiro atoms. The summed E-state index contributed by atoms with van der Waals surface area (Å²) in [5.74, 6) is -0.316. The molecule has 0 aliphatic heterocycles. The number of aryl methyl sites for hydroxylation is 1. The molecule has 0 saturated heterocycles. The molecule has 180 valence electrons. The second-order valence-electron chi connectivity index (χ2n) is 7.91. The molecule has 8 heteroatoms. The number of benzene rings is 2. The first kappa shape index (κ1) is 26.8. The van der Waals surface area contributed by atoms with Crippen LogP contribution in [0.5, 0.6) is 5.75 Å². The van der Waals surface area contributed by atoms with Crippen LogP contribution in [0.4, 0.5) is 4.39 Å². The Kier molecular flexibility index (Phi) is 10.8. The van der Waals surface area contributed by atoms with E-state index in [0.29, 0.717) is 24.2 Å². The van der Waals surface area contributed by atoms with Gasteiger partial charge < -0.3 is 15.0 Å². The molecule has 2 aromatic carbocycles. The van der Waals surface area contributed by atoms with Gasteiger partial charge in [-0.05, 0) is 75.2 Å². The fraction of sp³-hybridized carbons (Fsp3) is 0.440. The average Bonchev–Trinajstić information content (AvgIpc) is 2.78. The Labute approximate surface area is 204 Å². The highest BCUT2D eigenvalue weighted by Gasteiger charge is 2.18. The molecule has 1 atom stereocenters. The summed E-state index contributed by atoms with van der Waals surface area (Å²) in [6.45, 7) is 9.08. The summed E-state index contributed by atoms with van der Waals surface area (Å²) in [4.78, 5) is 15.2. The quantitative estimate of drug-likeness (QED) is 0.295. The SMILES string of the molecule is CCN(CC)CCC(C)NC(=N)NC(=O)c1cccc(F)c1CCc1cc(Br)ccc1OC. The lowest BCUT2D eigenvalue weighted by Crippen LogP contribution is -2.45. The third-order valence-electron chi connectivity index (χ3n) is 5.65. The van der Waals surface area contributed by atoms with Gasteiger partial charge in [-0.2, -0.15) is 0 Å². The minimum Gasteiger partial charge on any atom is -0.496 e. The predicted octanol–water partition coefficient (Wildman–Crippen LogP) is 4.76. The third kappa shape index (κ3) is 8.12. The van der Waals surface area contributed by atoms with Crippen LogP contribution in [-0.2, 0) is 12.8 Å². The number of carbonyl (C=O) groups is 1. The smallest absolute Gasteiger partial charge is 0.258 e. The number of amides is 1. The summed E-state index contributed by atoms with van der Waals surface area (Å²) in [6.07, 6.45) is 1.67. The van der Waals surface area contributed by atoms with Crippen LogP contribution < -0.4 is 15.4 Å². The molecule has 2 rings (SSSR count). The average molecular weight is 521 g/mol. The van der Waals surface area contributed by atoms with Crippen LogP contribution in [0.15, 0.2) is 40.9 Å². The van der Waals surface area contributed by atoms with E-state index >= 15 is 0 Å². The minimum atomic E-state index is -0.501. The van der Waals surface area contributed by atoms with E-state index in [4.69, 9.17) is 10.1 Å². The van der Waals surface area contributed by atoms with E-state index in [1.807, 2.05) is 25.1 Å². The van der Waals surface area contributed by atoms with Crippen LogP contribution in [0.2, 0.25) is 0 Å². The summed E-state index contributed by atoms with van der Waals surface area (Å²) in [7, 11) is 1.59. The molecule has 0 radical (unpaired) electrons. The zero-order valence-corrected chi connectivity index (χ0v) is 21.4. The molecule has 0 aromatic heterocycles. The second kappa shape index (κ2) is 13.3. The monoisotopic (exact) mass is 520 g/mol. The molecular formula is C25H34BrFN4O2. The van der Waals surface area contributed by atoms with Gasteiger partial charge in [0.1, 0.15) is 11.6 Å². The van der Waals surface area contributed by atoms with E-state index in [2.05, 4.69) is 45.3 Å². The first-order valence-electron chi connectivity index (χ1n) is 11.3. The fourth-order valence-electron chi connectivity index (χ4n) is 3.68. The molecule has 33 heavy (non-hydrogen) atoms. The zero-order valence-electron chi connectivity index (χ0n) is 19.8. The number of hydrogen-bond donors (Lipinski definition) is 3. The van der Waals surface area contributed by atoms with Crippen molar-refractivity contribution in [2.45, 2.75) is 46.1 Å². The molecule has 0 bridgehead atoms. The van der Waals surface area contributed by atoms with Crippen LogP contribution in [0, 0.1) is 11.2 Å². The van der Waals surface area contributed by atoms with Crippen LogP contribution >= 0.6 is 15.9 Å². The highest BCUT2D eigenvalue weighted by molar-refractivity contribution is 9.10. The van der Waals surface area contributed by atoms with Gasteiger partial charge in [0.05, 0.1) is 7.11 Å². The summed E-state index contributed by atoms with van der Waals surface area (Å²) in [5.41, 5.74) is 1.46. The molecule has 0 aliphatic rings. The van der Waals surface area contributed by atoms with Gasteiger partial charge in [0.15, 0.2) is 5.96 Å². The Morgan fingerprint density at radius 2 is 1.94 bits per heavy atom. The molecule has 2 aromatic rings. The van der Waals surface area contributed by atoms with Gasteiger partial charge in [-0.25, -0.2) is 4.39 Å². The Morgan fingerprint density at radius 1 is 1.21 bits per heavy atom. The lowest BCUT2D eigenvalue weighted by atomic mass is 9.98. The fourth-order valence-corrected chi connectivity index (χ4v) is 4.09. The molecule has 1 amide bonds. The Hall–Kier alpha value is -2.45. The molecular weight excluding hydrogens is 487 g/mol. The second-order valence-corrected chi connectivity index (χ2v) is 8.83. The molecule has 1 unspecified atom stereocenters. The normalized spacial score (nSPS) is 11.8. The van der Waals surface area contributed by atoms with E-state index < -0.39 is 11.7 Å². The summed E-state index contributed by atoms with van der Waals surface area (Å²) in [5, 5.41) is 13.7. The highest BCUT2D eigenvalue weighted by atomic mass is 79.9. The first-order chi connectivity index (χ1) is 15.8. The van der Waals surface area contributed by atoms with Gasteiger partial charge in [-0.1, -0.05) is 35.8 Å². The lowest BCUT2D eigenvalue weighted by molar-refractivity contribution is 0.0974. The van der Waals surface area contributed by atoms with Gasteiger partial charge in [0.2, 0.25) is 0 Å². The topological polar surface area (TPSA) is 77.5 Å². The predicted molar refractivity (Wildman–Crippen MR) is 135 cm³/mol. The van der Waals surface area contributed by atoms with Crippen molar-refractivity contribution in [3.63, 3.8) is 0 Å². The minimum absolute atomic E-state index is 0.0226. The van der Waals surface area contributed by atoms with Crippen molar-refractivity contribution >= 4 is 27.8 Å². The molecule has 0 fully saturated rings. The number of guanidine groups is 1. The van der Waals surface area contributed by atoms with Crippen molar-refractivity contribution in [2.24, 2.45) is 0 Å². The zero-order chi connectivity index (χ0) is 24.4. The maximum absolute atomic E-state index is 14.7. The van der Waals surface area contributed by atoms with E-state index in [9.17, 15) is 9.18 Å². The molecule has 0 saturated carbocycles. The number of methoxy groups -OCH3 is 1. The van der Waals surface area contributed by atoms with Crippen molar-refractivity contribution in [2.75, 3.05) is 26.7 Å². The number of ether oxygens (including phenoxy) is 1. The van der Waals surface area contributed by atoms with Gasteiger partial charge in [-0.15, -0.1) is 0 Å². The summed E-state index contributed by atoms with van der Waals surface area (Å²) in [6, 6.07) is 10.1.